The molecule has 1 amide bonds. The molecule has 2 fully saturated rings. The fourth-order valence-electron chi connectivity index (χ4n) is 3.20. The first-order valence-corrected chi connectivity index (χ1v) is 7.96. The zero-order valence-electron chi connectivity index (χ0n) is 12.4. The standard InChI is InChI=1S/C17H24N2O2/c18-17(10-11-17)16(21)19-12-2-1-3-14(19)7-4-13-5-8-15(20)9-6-13/h5-6,8-9,14,20H,1-4,7,10-12,18H2. The van der Waals surface area contributed by atoms with Crippen molar-refractivity contribution in [2.24, 2.45) is 5.73 Å². The van der Waals surface area contributed by atoms with Crippen molar-refractivity contribution in [1.29, 1.82) is 0 Å². The number of nitrogens with two attached hydrogens (primary N) is 1. The minimum Gasteiger partial charge on any atom is -0.508 e. The Morgan fingerprint density at radius 2 is 2.00 bits per heavy atom. The van der Waals surface area contributed by atoms with Gasteiger partial charge in [0.05, 0.1) is 5.54 Å². The number of carbonyl (C=O) groups excluding carboxylic acids is 1. The summed E-state index contributed by atoms with van der Waals surface area (Å²) in [5.41, 5.74) is 6.75. The van der Waals surface area contributed by atoms with E-state index in [0.29, 0.717) is 11.8 Å². The molecule has 3 rings (SSSR count). The van der Waals surface area contributed by atoms with Crippen molar-refractivity contribution in [3.05, 3.63) is 29.8 Å². The smallest absolute Gasteiger partial charge is 0.242 e. The minimum absolute atomic E-state index is 0.165. The molecule has 1 saturated heterocycles. The predicted octanol–water partition coefficient (Wildman–Crippen LogP) is 2.20. The maximum Gasteiger partial charge on any atom is 0.242 e. The number of rotatable bonds is 4. The lowest BCUT2D eigenvalue weighted by molar-refractivity contribution is -0.137. The van der Waals surface area contributed by atoms with Gasteiger partial charge in [-0.05, 0) is 62.6 Å². The molecule has 1 heterocycles. The van der Waals surface area contributed by atoms with E-state index in [1.807, 2.05) is 17.0 Å². The summed E-state index contributed by atoms with van der Waals surface area (Å²) in [6, 6.07) is 7.67. The highest BCUT2D eigenvalue weighted by molar-refractivity contribution is 5.89. The maximum absolute atomic E-state index is 12.5. The van der Waals surface area contributed by atoms with Crippen molar-refractivity contribution in [3.63, 3.8) is 0 Å². The van der Waals surface area contributed by atoms with E-state index in [4.69, 9.17) is 5.73 Å². The fourth-order valence-corrected chi connectivity index (χ4v) is 3.20. The Labute approximate surface area is 125 Å². The van der Waals surface area contributed by atoms with E-state index < -0.39 is 5.54 Å². The number of carbonyl (C=O) groups is 1. The molecule has 0 aromatic heterocycles. The molecule has 1 aliphatic heterocycles. The molecule has 4 heteroatoms. The Morgan fingerprint density at radius 1 is 1.29 bits per heavy atom. The number of hydrogen-bond acceptors (Lipinski definition) is 3. The van der Waals surface area contributed by atoms with Crippen LogP contribution in [0.15, 0.2) is 24.3 Å². The molecule has 1 unspecified atom stereocenters. The zero-order chi connectivity index (χ0) is 14.9. The first-order valence-electron chi connectivity index (χ1n) is 7.96. The molecule has 4 nitrogen and oxygen atoms in total. The van der Waals surface area contributed by atoms with Gasteiger partial charge in [-0.25, -0.2) is 0 Å². The van der Waals surface area contributed by atoms with Gasteiger partial charge in [-0.1, -0.05) is 12.1 Å². The molecule has 1 atom stereocenters. The number of aryl methyl sites for hydroxylation is 1. The molecule has 114 valence electrons. The monoisotopic (exact) mass is 288 g/mol. The third-order valence-corrected chi connectivity index (χ3v) is 4.81. The molecule has 2 aliphatic rings. The van der Waals surface area contributed by atoms with Crippen molar-refractivity contribution >= 4 is 5.91 Å². The number of phenols is 1. The van der Waals surface area contributed by atoms with Crippen molar-refractivity contribution in [2.45, 2.75) is 56.5 Å². The Kier molecular flexibility index (Phi) is 3.89. The largest absolute Gasteiger partial charge is 0.508 e. The molecule has 0 bridgehead atoms. The highest BCUT2D eigenvalue weighted by Gasteiger charge is 2.49. The molecular weight excluding hydrogens is 264 g/mol. The van der Waals surface area contributed by atoms with Gasteiger partial charge in [0.2, 0.25) is 5.91 Å². The van der Waals surface area contributed by atoms with Gasteiger partial charge >= 0.3 is 0 Å². The van der Waals surface area contributed by atoms with Crippen LogP contribution in [0.25, 0.3) is 0 Å². The van der Waals surface area contributed by atoms with Crippen LogP contribution in [0.5, 0.6) is 5.75 Å². The molecule has 21 heavy (non-hydrogen) atoms. The summed E-state index contributed by atoms with van der Waals surface area (Å²) >= 11 is 0. The van der Waals surface area contributed by atoms with Gasteiger partial charge in [-0.3, -0.25) is 4.79 Å². The normalized spacial score (nSPS) is 23.9. The summed E-state index contributed by atoms with van der Waals surface area (Å²) in [4.78, 5) is 14.6. The van der Waals surface area contributed by atoms with Crippen LogP contribution in [0.2, 0.25) is 0 Å². The number of piperidine rings is 1. The van der Waals surface area contributed by atoms with E-state index in [-0.39, 0.29) is 5.91 Å². The second-order valence-electron chi connectivity index (χ2n) is 6.51. The van der Waals surface area contributed by atoms with Gasteiger partial charge < -0.3 is 15.7 Å². The summed E-state index contributed by atoms with van der Waals surface area (Å²) < 4.78 is 0. The Morgan fingerprint density at radius 3 is 2.67 bits per heavy atom. The molecule has 0 radical (unpaired) electrons. The third-order valence-electron chi connectivity index (χ3n) is 4.81. The Balaban J connectivity index is 1.61. The van der Waals surface area contributed by atoms with Crippen molar-refractivity contribution < 1.29 is 9.90 Å². The van der Waals surface area contributed by atoms with Crippen LogP contribution in [0, 0.1) is 0 Å². The van der Waals surface area contributed by atoms with Crippen LogP contribution in [0.1, 0.15) is 44.1 Å². The molecule has 1 aromatic carbocycles. The quantitative estimate of drug-likeness (QED) is 0.892. The molecular formula is C17H24N2O2. The number of likely N-dealkylation sites (tertiary alicyclic amines) is 1. The van der Waals surface area contributed by atoms with Gasteiger partial charge in [-0.2, -0.15) is 0 Å². The van der Waals surface area contributed by atoms with E-state index in [1.165, 1.54) is 12.0 Å². The van der Waals surface area contributed by atoms with E-state index in [9.17, 15) is 9.90 Å². The lowest BCUT2D eigenvalue weighted by Gasteiger charge is -2.37. The van der Waals surface area contributed by atoms with Crippen LogP contribution >= 0.6 is 0 Å². The topological polar surface area (TPSA) is 66.6 Å². The highest BCUT2D eigenvalue weighted by atomic mass is 16.3. The number of phenolic OH excluding ortho intramolecular Hbond substituents is 1. The predicted molar refractivity (Wildman–Crippen MR) is 81.9 cm³/mol. The first-order chi connectivity index (χ1) is 10.1. The van der Waals surface area contributed by atoms with Crippen LogP contribution in [-0.2, 0) is 11.2 Å². The zero-order valence-corrected chi connectivity index (χ0v) is 12.4. The molecule has 0 spiro atoms. The van der Waals surface area contributed by atoms with Crippen LogP contribution in [-0.4, -0.2) is 34.0 Å². The number of amides is 1. The Bertz CT molecular complexity index is 508. The summed E-state index contributed by atoms with van der Waals surface area (Å²) in [5.74, 6) is 0.463. The second kappa shape index (κ2) is 5.68. The van der Waals surface area contributed by atoms with Gasteiger partial charge in [0.15, 0.2) is 0 Å². The summed E-state index contributed by atoms with van der Waals surface area (Å²) in [5, 5.41) is 9.32. The van der Waals surface area contributed by atoms with E-state index in [2.05, 4.69) is 0 Å². The lowest BCUT2D eigenvalue weighted by Crippen LogP contribution is -2.52. The van der Waals surface area contributed by atoms with E-state index in [1.54, 1.807) is 12.1 Å². The molecule has 3 N–H and O–H groups in total. The van der Waals surface area contributed by atoms with Crippen molar-refractivity contribution in [3.8, 4) is 5.75 Å². The average molecular weight is 288 g/mol. The average Bonchev–Trinajstić information content (AvgIpc) is 3.25. The van der Waals surface area contributed by atoms with Gasteiger partial charge in [0.25, 0.3) is 0 Å². The van der Waals surface area contributed by atoms with E-state index in [0.717, 1.165) is 45.1 Å². The van der Waals surface area contributed by atoms with Crippen molar-refractivity contribution in [2.75, 3.05) is 6.54 Å². The summed E-state index contributed by atoms with van der Waals surface area (Å²) in [7, 11) is 0. The second-order valence-corrected chi connectivity index (χ2v) is 6.51. The molecule has 1 aromatic rings. The molecule has 1 saturated carbocycles. The fraction of sp³-hybridized carbons (Fsp3) is 0.588. The first kappa shape index (κ1) is 14.4. The van der Waals surface area contributed by atoms with Gasteiger partial charge in [0, 0.05) is 12.6 Å². The van der Waals surface area contributed by atoms with E-state index >= 15 is 0 Å². The SMILES string of the molecule is NC1(C(=O)N2CCCCC2CCc2ccc(O)cc2)CC1. The number of hydrogen-bond donors (Lipinski definition) is 2. The summed E-state index contributed by atoms with van der Waals surface area (Å²) in [6.45, 7) is 0.859. The van der Waals surface area contributed by atoms with Crippen LogP contribution in [0.4, 0.5) is 0 Å². The third kappa shape index (κ3) is 3.21. The highest BCUT2D eigenvalue weighted by Crippen LogP contribution is 2.36. The Hall–Kier alpha value is -1.55. The number of aromatic hydroxyl groups is 1. The lowest BCUT2D eigenvalue weighted by atomic mass is 9.95. The van der Waals surface area contributed by atoms with Crippen LogP contribution < -0.4 is 5.73 Å². The summed E-state index contributed by atoms with van der Waals surface area (Å²) in [6.07, 6.45) is 6.97. The van der Waals surface area contributed by atoms with Crippen molar-refractivity contribution in [1.82, 2.24) is 4.90 Å². The van der Waals surface area contributed by atoms with Crippen LogP contribution in [0.3, 0.4) is 0 Å². The number of benzene rings is 1. The molecule has 1 aliphatic carbocycles. The number of nitrogens with zero attached hydrogens (tertiary/aromatic N) is 1. The maximum atomic E-state index is 12.5. The van der Waals surface area contributed by atoms with Gasteiger partial charge in [-0.15, -0.1) is 0 Å². The van der Waals surface area contributed by atoms with Gasteiger partial charge in [0.1, 0.15) is 5.75 Å². The minimum atomic E-state index is -0.547.